The summed E-state index contributed by atoms with van der Waals surface area (Å²) in [6.45, 7) is 0.388. The lowest BCUT2D eigenvalue weighted by Gasteiger charge is -2.14. The minimum absolute atomic E-state index is 0.0526. The summed E-state index contributed by atoms with van der Waals surface area (Å²) in [5.74, 6) is 0.257. The van der Waals surface area contributed by atoms with Crippen molar-refractivity contribution in [2.75, 3.05) is 6.54 Å². The number of aromatic nitrogens is 3. The molecule has 26 heavy (non-hydrogen) atoms. The van der Waals surface area contributed by atoms with Gasteiger partial charge in [0, 0.05) is 12.6 Å². The molecule has 6 nitrogen and oxygen atoms in total. The first-order valence-corrected chi connectivity index (χ1v) is 9.31. The number of rotatable bonds is 6. The Morgan fingerprint density at radius 2 is 2.23 bits per heavy atom. The smallest absolute Gasteiger partial charge is 0.291 e. The zero-order valence-electron chi connectivity index (χ0n) is 13.9. The minimum atomic E-state index is -0.377. The van der Waals surface area contributed by atoms with Crippen molar-refractivity contribution in [2.45, 2.75) is 18.9 Å². The Hall–Kier alpha value is -2.58. The van der Waals surface area contributed by atoms with E-state index in [0.29, 0.717) is 24.0 Å². The summed E-state index contributed by atoms with van der Waals surface area (Å²) in [6, 6.07) is 9.77. The Bertz CT molecular complexity index is 920. The number of carbonyl (C=O) groups is 1. The highest BCUT2D eigenvalue weighted by Gasteiger charge is 2.32. The topological polar surface area (TPSA) is 85.8 Å². The van der Waals surface area contributed by atoms with Crippen molar-refractivity contribution in [3.05, 3.63) is 53.4 Å². The van der Waals surface area contributed by atoms with Crippen molar-refractivity contribution in [3.8, 4) is 16.4 Å². The third kappa shape index (κ3) is 3.38. The summed E-state index contributed by atoms with van der Waals surface area (Å²) >= 11 is 1.48. The maximum absolute atomic E-state index is 13.7. The van der Waals surface area contributed by atoms with E-state index in [1.807, 2.05) is 17.5 Å². The second-order valence-electron chi connectivity index (χ2n) is 6.28. The van der Waals surface area contributed by atoms with E-state index in [0.717, 1.165) is 17.7 Å². The summed E-state index contributed by atoms with van der Waals surface area (Å²) in [5, 5.41) is 9.17. The third-order valence-corrected chi connectivity index (χ3v) is 5.23. The molecular weight excluding hydrogens is 353 g/mol. The maximum Gasteiger partial charge on any atom is 0.291 e. The fourth-order valence-corrected chi connectivity index (χ4v) is 3.56. The maximum atomic E-state index is 13.7. The Kier molecular flexibility index (Phi) is 4.52. The monoisotopic (exact) mass is 371 g/mol. The van der Waals surface area contributed by atoms with Crippen LogP contribution in [0.4, 0.5) is 4.39 Å². The van der Waals surface area contributed by atoms with E-state index in [1.165, 1.54) is 28.2 Å². The number of thiophene rings is 1. The highest BCUT2D eigenvalue weighted by Crippen LogP contribution is 2.32. The molecule has 0 aliphatic heterocycles. The molecule has 2 aromatic heterocycles. The molecule has 1 unspecified atom stereocenters. The molecule has 1 aliphatic carbocycles. The molecule has 1 aromatic carbocycles. The SMILES string of the molecule is NCC(NC(=O)c1nc(-c2cccs2)n(-c2cccc(F)c2)n1)C1CC1. The summed E-state index contributed by atoms with van der Waals surface area (Å²) in [7, 11) is 0. The highest BCUT2D eigenvalue weighted by atomic mass is 32.1. The molecule has 4 rings (SSSR count). The summed E-state index contributed by atoms with van der Waals surface area (Å²) in [4.78, 5) is 17.9. The van der Waals surface area contributed by atoms with Crippen LogP contribution in [0.15, 0.2) is 41.8 Å². The van der Waals surface area contributed by atoms with Gasteiger partial charge in [-0.25, -0.2) is 14.1 Å². The second-order valence-corrected chi connectivity index (χ2v) is 7.23. The summed E-state index contributed by atoms with van der Waals surface area (Å²) in [6.07, 6.45) is 2.15. The van der Waals surface area contributed by atoms with Gasteiger partial charge in [-0.15, -0.1) is 16.4 Å². The number of nitrogens with zero attached hydrogens (tertiary/aromatic N) is 3. The zero-order valence-corrected chi connectivity index (χ0v) is 14.7. The van der Waals surface area contributed by atoms with Gasteiger partial charge in [-0.2, -0.15) is 0 Å². The lowest BCUT2D eigenvalue weighted by Crippen LogP contribution is -2.42. The normalized spacial score (nSPS) is 15.0. The molecule has 1 amide bonds. The second kappa shape index (κ2) is 6.97. The average molecular weight is 371 g/mol. The van der Waals surface area contributed by atoms with Gasteiger partial charge in [0.25, 0.3) is 5.91 Å². The fraction of sp³-hybridized carbons (Fsp3) is 0.278. The van der Waals surface area contributed by atoms with Gasteiger partial charge >= 0.3 is 0 Å². The predicted octanol–water partition coefficient (Wildman–Crippen LogP) is 2.60. The van der Waals surface area contributed by atoms with Gasteiger partial charge in [-0.1, -0.05) is 12.1 Å². The number of benzene rings is 1. The van der Waals surface area contributed by atoms with E-state index in [1.54, 1.807) is 12.1 Å². The van der Waals surface area contributed by atoms with Crippen LogP contribution in [0.5, 0.6) is 0 Å². The lowest BCUT2D eigenvalue weighted by atomic mass is 10.2. The van der Waals surface area contributed by atoms with Crippen LogP contribution in [0.1, 0.15) is 23.5 Å². The predicted molar refractivity (Wildman–Crippen MR) is 97.7 cm³/mol. The molecule has 1 fully saturated rings. The van der Waals surface area contributed by atoms with Crippen LogP contribution in [-0.2, 0) is 0 Å². The van der Waals surface area contributed by atoms with Gasteiger partial charge in [0.15, 0.2) is 5.82 Å². The molecule has 3 N–H and O–H groups in total. The van der Waals surface area contributed by atoms with Crippen LogP contribution >= 0.6 is 11.3 Å². The Morgan fingerprint density at radius 1 is 1.38 bits per heavy atom. The molecule has 0 saturated heterocycles. The van der Waals surface area contributed by atoms with Crippen LogP contribution in [0, 0.1) is 11.7 Å². The first-order chi connectivity index (χ1) is 12.7. The molecular formula is C18H18FN5OS. The van der Waals surface area contributed by atoms with Crippen molar-refractivity contribution < 1.29 is 9.18 Å². The average Bonchev–Trinajstić information content (AvgIpc) is 3.16. The molecule has 0 bridgehead atoms. The van der Waals surface area contributed by atoms with Crippen LogP contribution in [0.2, 0.25) is 0 Å². The van der Waals surface area contributed by atoms with Crippen LogP contribution in [0.25, 0.3) is 16.4 Å². The van der Waals surface area contributed by atoms with Gasteiger partial charge < -0.3 is 11.1 Å². The first kappa shape index (κ1) is 16.9. The van der Waals surface area contributed by atoms with Gasteiger partial charge in [0.05, 0.1) is 10.6 Å². The van der Waals surface area contributed by atoms with Crippen LogP contribution < -0.4 is 11.1 Å². The van der Waals surface area contributed by atoms with E-state index in [4.69, 9.17) is 5.73 Å². The number of hydrogen-bond donors (Lipinski definition) is 2. The van der Waals surface area contributed by atoms with E-state index >= 15 is 0 Å². The van der Waals surface area contributed by atoms with Crippen LogP contribution in [-0.4, -0.2) is 33.3 Å². The minimum Gasteiger partial charge on any atom is -0.345 e. The summed E-state index contributed by atoms with van der Waals surface area (Å²) < 4.78 is 15.2. The number of nitrogens with one attached hydrogen (secondary N) is 1. The molecule has 134 valence electrons. The van der Waals surface area contributed by atoms with Crippen molar-refractivity contribution in [3.63, 3.8) is 0 Å². The van der Waals surface area contributed by atoms with Crippen molar-refractivity contribution >= 4 is 17.2 Å². The van der Waals surface area contributed by atoms with Crippen molar-refractivity contribution in [1.29, 1.82) is 0 Å². The quantitative estimate of drug-likeness (QED) is 0.697. The Morgan fingerprint density at radius 3 is 2.88 bits per heavy atom. The van der Waals surface area contributed by atoms with E-state index in [2.05, 4.69) is 15.4 Å². The molecule has 2 heterocycles. The molecule has 1 atom stereocenters. The number of nitrogens with two attached hydrogens (primary N) is 1. The van der Waals surface area contributed by atoms with Gasteiger partial charge in [-0.3, -0.25) is 4.79 Å². The lowest BCUT2D eigenvalue weighted by molar-refractivity contribution is 0.0923. The molecule has 0 radical (unpaired) electrons. The number of carbonyl (C=O) groups excluding carboxylic acids is 1. The molecule has 3 aromatic rings. The molecule has 8 heteroatoms. The molecule has 1 saturated carbocycles. The molecule has 1 aliphatic rings. The van der Waals surface area contributed by atoms with Crippen LogP contribution in [0.3, 0.4) is 0 Å². The molecule has 0 spiro atoms. The summed E-state index contributed by atoms with van der Waals surface area (Å²) in [5.41, 5.74) is 6.27. The van der Waals surface area contributed by atoms with Gasteiger partial charge in [0.2, 0.25) is 5.82 Å². The fourth-order valence-electron chi connectivity index (χ4n) is 2.86. The number of hydrogen-bond acceptors (Lipinski definition) is 5. The van der Waals surface area contributed by atoms with Crippen molar-refractivity contribution in [2.24, 2.45) is 11.7 Å². The van der Waals surface area contributed by atoms with Gasteiger partial charge in [-0.05, 0) is 48.4 Å². The van der Waals surface area contributed by atoms with E-state index < -0.39 is 0 Å². The third-order valence-electron chi connectivity index (χ3n) is 4.37. The Balaban J connectivity index is 1.70. The zero-order chi connectivity index (χ0) is 18.1. The standard InChI is InChI=1S/C18H18FN5OS/c19-12-3-1-4-13(9-12)24-17(15-5-2-8-26-15)22-16(23-24)18(25)21-14(10-20)11-6-7-11/h1-5,8-9,11,14H,6-7,10,20H2,(H,21,25). The van der Waals surface area contributed by atoms with E-state index in [9.17, 15) is 9.18 Å². The Labute approximate surface area is 153 Å². The largest absolute Gasteiger partial charge is 0.345 e. The first-order valence-electron chi connectivity index (χ1n) is 8.43. The van der Waals surface area contributed by atoms with Crippen molar-refractivity contribution in [1.82, 2.24) is 20.1 Å². The number of amides is 1. The number of halogens is 1. The highest BCUT2D eigenvalue weighted by molar-refractivity contribution is 7.13. The van der Waals surface area contributed by atoms with Gasteiger partial charge in [0.1, 0.15) is 5.82 Å². The van der Waals surface area contributed by atoms with E-state index in [-0.39, 0.29) is 23.6 Å².